The van der Waals surface area contributed by atoms with Gasteiger partial charge in [0.1, 0.15) is 0 Å². The van der Waals surface area contributed by atoms with E-state index in [1.54, 1.807) is 0 Å². The highest BCUT2D eigenvalue weighted by Crippen LogP contribution is 2.18. The Labute approximate surface area is 167 Å². The quantitative estimate of drug-likeness (QED) is 0.778. The maximum atomic E-state index is 13.0. The van der Waals surface area contributed by atoms with Crippen LogP contribution in [-0.2, 0) is 6.54 Å². The van der Waals surface area contributed by atoms with E-state index in [2.05, 4.69) is 20.5 Å². The van der Waals surface area contributed by atoms with E-state index in [4.69, 9.17) is 0 Å². The number of benzene rings is 1. The van der Waals surface area contributed by atoms with Crippen molar-refractivity contribution in [2.75, 3.05) is 40.3 Å². The Balaban J connectivity index is 0.00000261. The number of aromatic nitrogens is 3. The second-order valence-corrected chi connectivity index (χ2v) is 7.08. The zero-order valence-corrected chi connectivity index (χ0v) is 16.9. The van der Waals surface area contributed by atoms with E-state index in [1.807, 2.05) is 60.2 Å². The second kappa shape index (κ2) is 10.4. The van der Waals surface area contributed by atoms with Gasteiger partial charge in [-0.1, -0.05) is 35.5 Å². The number of nitrogens with one attached hydrogen (secondary N) is 1. The van der Waals surface area contributed by atoms with E-state index in [-0.39, 0.29) is 18.3 Å². The van der Waals surface area contributed by atoms with Crippen LogP contribution < -0.4 is 5.32 Å². The molecule has 0 saturated carbocycles. The van der Waals surface area contributed by atoms with Gasteiger partial charge in [-0.3, -0.25) is 4.79 Å². The minimum atomic E-state index is -0.0594. The molecule has 148 valence electrons. The third-order valence-corrected chi connectivity index (χ3v) is 4.73. The molecular formula is C19H29ClN6O. The molecule has 0 atom stereocenters. The molecule has 0 aliphatic carbocycles. The van der Waals surface area contributed by atoms with Gasteiger partial charge < -0.3 is 15.1 Å². The van der Waals surface area contributed by atoms with Crippen molar-refractivity contribution >= 4 is 18.3 Å². The number of carbonyl (C=O) groups is 1. The van der Waals surface area contributed by atoms with E-state index in [0.29, 0.717) is 24.8 Å². The van der Waals surface area contributed by atoms with Crippen molar-refractivity contribution in [3.8, 4) is 0 Å². The van der Waals surface area contributed by atoms with Crippen LogP contribution in [0.5, 0.6) is 0 Å². The predicted octanol–water partition coefficient (Wildman–Crippen LogP) is 1.83. The van der Waals surface area contributed by atoms with Crippen LogP contribution in [0.1, 0.15) is 34.9 Å². The van der Waals surface area contributed by atoms with Gasteiger partial charge in [0, 0.05) is 19.6 Å². The summed E-state index contributed by atoms with van der Waals surface area (Å²) in [6.07, 6.45) is 3.85. The van der Waals surface area contributed by atoms with Gasteiger partial charge in [-0.05, 0) is 45.6 Å². The van der Waals surface area contributed by atoms with Crippen LogP contribution in [0.3, 0.4) is 0 Å². The third kappa shape index (κ3) is 6.02. The van der Waals surface area contributed by atoms with Crippen LogP contribution in [0.2, 0.25) is 0 Å². The number of nitrogens with zero attached hydrogens (tertiary/aromatic N) is 5. The first-order chi connectivity index (χ1) is 12.6. The molecular weight excluding hydrogens is 364 g/mol. The summed E-state index contributed by atoms with van der Waals surface area (Å²) in [6.45, 7) is 4.00. The number of halogens is 1. The number of hydrogen-bond acceptors (Lipinski definition) is 5. The van der Waals surface area contributed by atoms with Gasteiger partial charge in [-0.25, -0.2) is 4.68 Å². The molecule has 8 heteroatoms. The number of carbonyl (C=O) groups excluding carboxylic acids is 1. The maximum Gasteiger partial charge on any atom is 0.276 e. The predicted molar refractivity (Wildman–Crippen MR) is 108 cm³/mol. The lowest BCUT2D eigenvalue weighted by Gasteiger charge is -2.24. The summed E-state index contributed by atoms with van der Waals surface area (Å²) in [5.41, 5.74) is 1.54. The molecule has 0 unspecified atom stereocenters. The highest BCUT2D eigenvalue weighted by atomic mass is 35.5. The largest absolute Gasteiger partial charge is 0.332 e. The topological polar surface area (TPSA) is 66.3 Å². The summed E-state index contributed by atoms with van der Waals surface area (Å²) in [4.78, 5) is 17.0. The Hall–Kier alpha value is -1.96. The highest BCUT2D eigenvalue weighted by Gasteiger charge is 2.22. The zero-order chi connectivity index (χ0) is 18.4. The number of rotatable bonds is 7. The lowest BCUT2D eigenvalue weighted by atomic mass is 10.1. The molecule has 1 fully saturated rings. The van der Waals surface area contributed by atoms with Crippen LogP contribution in [0, 0.1) is 0 Å². The lowest BCUT2D eigenvalue weighted by Crippen LogP contribution is -2.36. The smallest absolute Gasteiger partial charge is 0.276 e. The van der Waals surface area contributed by atoms with Gasteiger partial charge in [-0.15, -0.1) is 17.5 Å². The van der Waals surface area contributed by atoms with Crippen molar-refractivity contribution in [3.05, 3.63) is 47.8 Å². The van der Waals surface area contributed by atoms with Gasteiger partial charge in [0.25, 0.3) is 5.91 Å². The molecule has 27 heavy (non-hydrogen) atoms. The highest BCUT2D eigenvalue weighted by molar-refractivity contribution is 5.91. The van der Waals surface area contributed by atoms with Crippen LogP contribution in [-0.4, -0.2) is 71.0 Å². The zero-order valence-electron chi connectivity index (χ0n) is 16.0. The maximum absolute atomic E-state index is 13.0. The van der Waals surface area contributed by atoms with Crippen LogP contribution in [0.25, 0.3) is 0 Å². The fraction of sp³-hybridized carbons (Fsp3) is 0.526. The summed E-state index contributed by atoms with van der Waals surface area (Å²) < 4.78 is 1.86. The normalized spacial score (nSPS) is 14.8. The number of likely N-dealkylation sites (N-methyl/N-ethyl adjacent to an activating group) is 1. The average molecular weight is 393 g/mol. The summed E-state index contributed by atoms with van der Waals surface area (Å²) in [5.74, 6) is -0.0594. The fourth-order valence-electron chi connectivity index (χ4n) is 3.16. The van der Waals surface area contributed by atoms with Gasteiger partial charge >= 0.3 is 0 Å². The molecule has 1 aliphatic heterocycles. The van der Waals surface area contributed by atoms with E-state index >= 15 is 0 Å². The SMILES string of the molecule is CN(C)CCN(Cc1ccccc1)C(=O)c1cn(C2CCNCC2)nn1.Cl. The Morgan fingerprint density at radius 3 is 2.56 bits per heavy atom. The lowest BCUT2D eigenvalue weighted by molar-refractivity contribution is 0.0726. The first-order valence-electron chi connectivity index (χ1n) is 9.24. The van der Waals surface area contributed by atoms with Crippen molar-refractivity contribution in [1.82, 2.24) is 30.1 Å². The number of piperidine rings is 1. The summed E-state index contributed by atoms with van der Waals surface area (Å²) in [5, 5.41) is 11.7. The summed E-state index contributed by atoms with van der Waals surface area (Å²) in [7, 11) is 4.02. The fourth-order valence-corrected chi connectivity index (χ4v) is 3.16. The van der Waals surface area contributed by atoms with Gasteiger partial charge in [-0.2, -0.15) is 0 Å². The van der Waals surface area contributed by atoms with Crippen LogP contribution in [0.15, 0.2) is 36.5 Å². The minimum absolute atomic E-state index is 0. The van der Waals surface area contributed by atoms with Gasteiger partial charge in [0.15, 0.2) is 5.69 Å². The molecule has 0 radical (unpaired) electrons. The molecule has 3 rings (SSSR count). The standard InChI is InChI=1S/C19H28N6O.ClH/c1-23(2)12-13-24(14-16-6-4-3-5-7-16)19(26)18-15-25(22-21-18)17-8-10-20-11-9-17;/h3-7,15,17,20H,8-14H2,1-2H3;1H. The Kier molecular flexibility index (Phi) is 8.22. The van der Waals surface area contributed by atoms with E-state index in [9.17, 15) is 4.79 Å². The molecule has 2 heterocycles. The van der Waals surface area contributed by atoms with E-state index in [0.717, 1.165) is 38.0 Å². The Morgan fingerprint density at radius 2 is 1.89 bits per heavy atom. The summed E-state index contributed by atoms with van der Waals surface area (Å²) >= 11 is 0. The summed E-state index contributed by atoms with van der Waals surface area (Å²) in [6, 6.07) is 10.4. The molecule has 1 saturated heterocycles. The first kappa shape index (κ1) is 21.3. The third-order valence-electron chi connectivity index (χ3n) is 4.73. The Morgan fingerprint density at radius 1 is 1.19 bits per heavy atom. The molecule has 1 aromatic heterocycles. The van der Waals surface area contributed by atoms with Crippen molar-refractivity contribution < 1.29 is 4.79 Å². The average Bonchev–Trinajstić information content (AvgIpc) is 3.16. The van der Waals surface area contributed by atoms with Gasteiger partial charge in [0.2, 0.25) is 0 Å². The van der Waals surface area contributed by atoms with Crippen LogP contribution in [0.4, 0.5) is 0 Å². The van der Waals surface area contributed by atoms with Crippen LogP contribution >= 0.6 is 12.4 Å². The molecule has 1 aromatic carbocycles. The number of hydrogen-bond donors (Lipinski definition) is 1. The van der Waals surface area contributed by atoms with E-state index < -0.39 is 0 Å². The molecule has 7 nitrogen and oxygen atoms in total. The molecule has 1 aliphatic rings. The minimum Gasteiger partial charge on any atom is -0.332 e. The second-order valence-electron chi connectivity index (χ2n) is 7.08. The molecule has 2 aromatic rings. The molecule has 0 spiro atoms. The molecule has 1 N–H and O–H groups in total. The molecule has 1 amide bonds. The van der Waals surface area contributed by atoms with Crippen molar-refractivity contribution in [1.29, 1.82) is 0 Å². The molecule has 0 bridgehead atoms. The van der Waals surface area contributed by atoms with Gasteiger partial charge in [0.05, 0.1) is 12.2 Å². The number of amides is 1. The Bertz CT molecular complexity index is 699. The van der Waals surface area contributed by atoms with E-state index in [1.165, 1.54) is 0 Å². The van der Waals surface area contributed by atoms with Crippen molar-refractivity contribution in [2.45, 2.75) is 25.4 Å². The first-order valence-corrected chi connectivity index (χ1v) is 9.24. The van der Waals surface area contributed by atoms with Crippen molar-refractivity contribution in [3.63, 3.8) is 0 Å². The monoisotopic (exact) mass is 392 g/mol. The van der Waals surface area contributed by atoms with Crippen molar-refractivity contribution in [2.24, 2.45) is 0 Å².